The average Bonchev–Trinajstić information content (AvgIpc) is 2.74. The highest BCUT2D eigenvalue weighted by Gasteiger charge is 2.19. The summed E-state index contributed by atoms with van der Waals surface area (Å²) in [5, 5.41) is 2.63. The first-order valence-electron chi connectivity index (χ1n) is 8.95. The molecule has 28 heavy (non-hydrogen) atoms. The molecule has 2 aromatic carbocycles. The topological polar surface area (TPSA) is 62.3 Å². The van der Waals surface area contributed by atoms with Crippen LogP contribution >= 0.6 is 0 Å². The molecule has 0 aliphatic heterocycles. The van der Waals surface area contributed by atoms with E-state index in [2.05, 4.69) is 10.3 Å². The summed E-state index contributed by atoms with van der Waals surface area (Å²) in [5.41, 5.74) is 1.41. The van der Waals surface area contributed by atoms with Crippen LogP contribution < -0.4 is 10.2 Å². The van der Waals surface area contributed by atoms with Gasteiger partial charge in [-0.05, 0) is 37.3 Å². The summed E-state index contributed by atoms with van der Waals surface area (Å²) in [7, 11) is 0. The number of aromatic nitrogens is 1. The standard InChI is InChI=1S/C22H20FN3O2/c1-2-26(17-10-4-3-5-11-17)22(28)20-14-8-13-19(25-20)21(27)24-15-16-9-6-7-12-18(16)23/h3-14H,2,15H2,1H3,(H,24,27). The van der Waals surface area contributed by atoms with Crippen LogP contribution in [0.1, 0.15) is 33.5 Å². The first-order valence-corrected chi connectivity index (χ1v) is 8.95. The van der Waals surface area contributed by atoms with Gasteiger partial charge < -0.3 is 10.2 Å². The van der Waals surface area contributed by atoms with Gasteiger partial charge in [-0.3, -0.25) is 9.59 Å². The van der Waals surface area contributed by atoms with Gasteiger partial charge in [-0.25, -0.2) is 9.37 Å². The fraction of sp³-hybridized carbons (Fsp3) is 0.136. The zero-order chi connectivity index (χ0) is 19.9. The highest BCUT2D eigenvalue weighted by Crippen LogP contribution is 2.16. The summed E-state index contributed by atoms with van der Waals surface area (Å²) in [6, 6.07) is 20.2. The van der Waals surface area contributed by atoms with Gasteiger partial charge in [0.25, 0.3) is 11.8 Å². The third kappa shape index (κ3) is 4.40. The molecule has 0 radical (unpaired) electrons. The van der Waals surface area contributed by atoms with E-state index in [0.717, 1.165) is 5.69 Å². The predicted molar refractivity (Wildman–Crippen MR) is 106 cm³/mol. The van der Waals surface area contributed by atoms with Crippen LogP contribution in [-0.2, 0) is 6.54 Å². The minimum atomic E-state index is -0.472. The van der Waals surface area contributed by atoms with Crippen molar-refractivity contribution in [1.29, 1.82) is 0 Å². The number of amides is 2. The molecule has 0 saturated heterocycles. The van der Waals surface area contributed by atoms with Crippen LogP contribution in [0.25, 0.3) is 0 Å². The predicted octanol–water partition coefficient (Wildman–Crippen LogP) is 3.82. The molecule has 3 aromatic rings. The van der Waals surface area contributed by atoms with E-state index in [0.29, 0.717) is 12.1 Å². The van der Waals surface area contributed by atoms with Crippen molar-refractivity contribution in [2.75, 3.05) is 11.4 Å². The summed E-state index contributed by atoms with van der Waals surface area (Å²) in [6.45, 7) is 2.38. The lowest BCUT2D eigenvalue weighted by Crippen LogP contribution is -2.32. The molecule has 5 nitrogen and oxygen atoms in total. The zero-order valence-electron chi connectivity index (χ0n) is 15.4. The molecule has 1 aromatic heterocycles. The molecule has 0 aliphatic rings. The monoisotopic (exact) mass is 377 g/mol. The van der Waals surface area contributed by atoms with Crippen LogP contribution in [0.5, 0.6) is 0 Å². The molecule has 1 N–H and O–H groups in total. The van der Waals surface area contributed by atoms with Gasteiger partial charge >= 0.3 is 0 Å². The molecule has 0 unspecified atom stereocenters. The number of pyridine rings is 1. The Morgan fingerprint density at radius 2 is 1.61 bits per heavy atom. The number of nitrogens with zero attached hydrogens (tertiary/aromatic N) is 2. The summed E-state index contributed by atoms with van der Waals surface area (Å²) < 4.78 is 13.7. The second kappa shape index (κ2) is 8.90. The molecule has 2 amide bonds. The SMILES string of the molecule is CCN(C(=O)c1cccc(C(=O)NCc2ccccc2F)n1)c1ccccc1. The maximum atomic E-state index is 13.7. The number of para-hydroxylation sites is 1. The first kappa shape index (κ1) is 19.2. The van der Waals surface area contributed by atoms with E-state index in [1.807, 2.05) is 37.3 Å². The number of benzene rings is 2. The van der Waals surface area contributed by atoms with Gasteiger partial charge in [0.05, 0.1) is 0 Å². The lowest BCUT2D eigenvalue weighted by Gasteiger charge is -2.20. The van der Waals surface area contributed by atoms with Crippen molar-refractivity contribution in [3.63, 3.8) is 0 Å². The maximum Gasteiger partial charge on any atom is 0.276 e. The quantitative estimate of drug-likeness (QED) is 0.710. The van der Waals surface area contributed by atoms with Crippen molar-refractivity contribution < 1.29 is 14.0 Å². The molecule has 0 atom stereocenters. The molecule has 3 rings (SSSR count). The molecule has 0 aliphatic carbocycles. The Labute approximate surface area is 162 Å². The summed E-state index contributed by atoms with van der Waals surface area (Å²) in [5.74, 6) is -1.15. The minimum absolute atomic E-state index is 0.0382. The van der Waals surface area contributed by atoms with Gasteiger partial charge in [-0.2, -0.15) is 0 Å². The van der Waals surface area contributed by atoms with Gasteiger partial charge in [-0.15, -0.1) is 0 Å². The van der Waals surface area contributed by atoms with E-state index in [9.17, 15) is 14.0 Å². The molecule has 1 heterocycles. The Kier molecular flexibility index (Phi) is 6.11. The number of hydrogen-bond donors (Lipinski definition) is 1. The number of halogens is 1. The number of carbonyl (C=O) groups excluding carboxylic acids is 2. The Morgan fingerprint density at radius 1 is 0.929 bits per heavy atom. The molecule has 0 fully saturated rings. The smallest absolute Gasteiger partial charge is 0.276 e. The van der Waals surface area contributed by atoms with Gasteiger partial charge in [0.15, 0.2) is 0 Å². The highest BCUT2D eigenvalue weighted by atomic mass is 19.1. The molecular formula is C22H20FN3O2. The van der Waals surface area contributed by atoms with E-state index >= 15 is 0 Å². The Hall–Kier alpha value is -3.54. The molecule has 6 heteroatoms. The Balaban J connectivity index is 1.75. The third-order valence-corrected chi connectivity index (χ3v) is 4.23. The van der Waals surface area contributed by atoms with Crippen molar-refractivity contribution in [1.82, 2.24) is 10.3 Å². The number of carbonyl (C=O) groups is 2. The molecular weight excluding hydrogens is 357 g/mol. The Morgan fingerprint density at radius 3 is 2.32 bits per heavy atom. The molecule has 142 valence electrons. The summed E-state index contributed by atoms with van der Waals surface area (Å²) in [4.78, 5) is 31.0. The molecule has 0 spiro atoms. The molecule has 0 bridgehead atoms. The van der Waals surface area contributed by atoms with Gasteiger partial charge in [0, 0.05) is 24.3 Å². The number of rotatable bonds is 6. The normalized spacial score (nSPS) is 10.4. The largest absolute Gasteiger partial charge is 0.347 e. The van der Waals surface area contributed by atoms with Crippen molar-refractivity contribution in [2.24, 2.45) is 0 Å². The Bertz CT molecular complexity index is 976. The third-order valence-electron chi connectivity index (χ3n) is 4.23. The fourth-order valence-corrected chi connectivity index (χ4v) is 2.78. The summed E-state index contributed by atoms with van der Waals surface area (Å²) >= 11 is 0. The van der Waals surface area contributed by atoms with Crippen LogP contribution in [0.2, 0.25) is 0 Å². The lowest BCUT2D eigenvalue weighted by molar-refractivity contribution is 0.0945. The maximum absolute atomic E-state index is 13.7. The fourth-order valence-electron chi connectivity index (χ4n) is 2.78. The zero-order valence-corrected chi connectivity index (χ0v) is 15.4. The van der Waals surface area contributed by atoms with Crippen LogP contribution in [0, 0.1) is 5.82 Å². The average molecular weight is 377 g/mol. The van der Waals surface area contributed by atoms with Crippen molar-refractivity contribution in [3.8, 4) is 0 Å². The van der Waals surface area contributed by atoms with Crippen LogP contribution in [0.4, 0.5) is 10.1 Å². The van der Waals surface area contributed by atoms with Crippen molar-refractivity contribution in [2.45, 2.75) is 13.5 Å². The van der Waals surface area contributed by atoms with Crippen LogP contribution in [-0.4, -0.2) is 23.3 Å². The van der Waals surface area contributed by atoms with Crippen molar-refractivity contribution >= 4 is 17.5 Å². The van der Waals surface area contributed by atoms with E-state index in [1.54, 1.807) is 35.2 Å². The summed E-state index contributed by atoms with van der Waals surface area (Å²) in [6.07, 6.45) is 0. The highest BCUT2D eigenvalue weighted by molar-refractivity contribution is 6.05. The minimum Gasteiger partial charge on any atom is -0.347 e. The molecule has 0 saturated carbocycles. The van der Waals surface area contributed by atoms with Gasteiger partial charge in [0.1, 0.15) is 17.2 Å². The van der Waals surface area contributed by atoms with Crippen LogP contribution in [0.3, 0.4) is 0 Å². The van der Waals surface area contributed by atoms with E-state index < -0.39 is 5.91 Å². The second-order valence-electron chi connectivity index (χ2n) is 6.07. The second-order valence-corrected chi connectivity index (χ2v) is 6.07. The van der Waals surface area contributed by atoms with E-state index in [1.165, 1.54) is 12.1 Å². The first-order chi connectivity index (χ1) is 13.6. The van der Waals surface area contributed by atoms with Gasteiger partial charge in [0.2, 0.25) is 0 Å². The van der Waals surface area contributed by atoms with E-state index in [4.69, 9.17) is 0 Å². The number of hydrogen-bond acceptors (Lipinski definition) is 3. The number of anilines is 1. The van der Waals surface area contributed by atoms with Gasteiger partial charge in [-0.1, -0.05) is 42.5 Å². The van der Waals surface area contributed by atoms with Crippen molar-refractivity contribution in [3.05, 3.63) is 95.6 Å². The lowest BCUT2D eigenvalue weighted by atomic mass is 10.2. The van der Waals surface area contributed by atoms with E-state index in [-0.39, 0.29) is 29.7 Å². The van der Waals surface area contributed by atoms with Crippen LogP contribution in [0.15, 0.2) is 72.8 Å². The number of nitrogens with one attached hydrogen (secondary N) is 1.